The molecule has 9 nitrogen and oxygen atoms in total. The van der Waals surface area contributed by atoms with Crippen LogP contribution in [0.2, 0.25) is 0 Å². The quantitative estimate of drug-likeness (QED) is 0.402. The number of amides is 2. The number of piperazine rings is 1. The lowest BCUT2D eigenvalue weighted by Gasteiger charge is -2.34. The van der Waals surface area contributed by atoms with Crippen LogP contribution in [-0.4, -0.2) is 69.7 Å². The number of hydroxylamine groups is 1. The predicted octanol–water partition coefficient (Wildman–Crippen LogP) is 0.916. The van der Waals surface area contributed by atoms with Crippen molar-refractivity contribution < 1.29 is 19.2 Å². The van der Waals surface area contributed by atoms with Crippen molar-refractivity contribution in [1.82, 2.24) is 25.5 Å². The molecule has 4 rings (SSSR count). The molecule has 0 spiro atoms. The molecule has 0 unspecified atom stereocenters. The van der Waals surface area contributed by atoms with Gasteiger partial charge in [-0.3, -0.25) is 24.5 Å². The predicted molar refractivity (Wildman–Crippen MR) is 114 cm³/mol. The highest BCUT2D eigenvalue weighted by molar-refractivity contribution is 5.95. The van der Waals surface area contributed by atoms with Gasteiger partial charge in [0.15, 0.2) is 0 Å². The van der Waals surface area contributed by atoms with E-state index in [9.17, 15) is 18.8 Å². The first-order valence-corrected chi connectivity index (χ1v) is 10.2. The summed E-state index contributed by atoms with van der Waals surface area (Å²) in [6, 6.07) is 11.5. The second-order valence-electron chi connectivity index (χ2n) is 7.64. The smallest absolute Gasteiger partial charge is 0.272 e. The molecule has 3 aromatic rings. The zero-order valence-corrected chi connectivity index (χ0v) is 17.2. The summed E-state index contributed by atoms with van der Waals surface area (Å²) in [7, 11) is 0. The van der Waals surface area contributed by atoms with Crippen molar-refractivity contribution in [2.75, 3.05) is 32.7 Å². The van der Waals surface area contributed by atoms with Crippen molar-refractivity contribution in [3.8, 4) is 0 Å². The Morgan fingerprint density at radius 2 is 1.81 bits per heavy atom. The van der Waals surface area contributed by atoms with E-state index in [-0.39, 0.29) is 17.7 Å². The summed E-state index contributed by atoms with van der Waals surface area (Å²) in [6.45, 7) is 1.59. The molecule has 2 aromatic carbocycles. The number of aromatic nitrogens is 2. The number of H-pyrrole nitrogens is 1. The van der Waals surface area contributed by atoms with Gasteiger partial charge in [0.1, 0.15) is 5.82 Å². The van der Waals surface area contributed by atoms with Crippen molar-refractivity contribution in [3.05, 3.63) is 75.5 Å². The largest absolute Gasteiger partial charge is 0.336 e. The number of carbonyl (C=O) groups excluding carboxylic acids is 2. The second-order valence-corrected chi connectivity index (χ2v) is 7.64. The van der Waals surface area contributed by atoms with E-state index >= 15 is 0 Å². The molecule has 2 amide bonds. The van der Waals surface area contributed by atoms with Gasteiger partial charge in [-0.1, -0.05) is 24.3 Å². The average Bonchev–Trinajstić information content (AvgIpc) is 2.82. The van der Waals surface area contributed by atoms with E-state index in [1.807, 2.05) is 6.07 Å². The fraction of sp³-hybridized carbons (Fsp3) is 0.273. The molecule has 2 heterocycles. The molecule has 0 radical (unpaired) electrons. The molecule has 3 N–H and O–H groups in total. The number of nitrogens with one attached hydrogen (secondary N) is 2. The Morgan fingerprint density at radius 1 is 1.09 bits per heavy atom. The third-order valence-electron chi connectivity index (χ3n) is 5.56. The van der Waals surface area contributed by atoms with Crippen LogP contribution in [0.4, 0.5) is 4.39 Å². The molecule has 0 aliphatic carbocycles. The lowest BCUT2D eigenvalue weighted by Crippen LogP contribution is -2.51. The molecule has 166 valence electrons. The fourth-order valence-corrected chi connectivity index (χ4v) is 3.86. The van der Waals surface area contributed by atoms with Gasteiger partial charge in [0, 0.05) is 38.0 Å². The summed E-state index contributed by atoms with van der Waals surface area (Å²) in [5.41, 5.74) is 2.59. The number of fused-ring (bicyclic) bond motifs is 1. The summed E-state index contributed by atoms with van der Waals surface area (Å²) in [5, 5.41) is 16.5. The molecule has 1 saturated heterocycles. The first-order valence-electron chi connectivity index (χ1n) is 10.2. The lowest BCUT2D eigenvalue weighted by molar-refractivity contribution is -0.130. The molecular weight excluding hydrogens is 417 g/mol. The molecule has 1 aliphatic rings. The number of carbonyl (C=O) groups is 2. The van der Waals surface area contributed by atoms with Crippen molar-refractivity contribution in [2.24, 2.45) is 0 Å². The van der Waals surface area contributed by atoms with Crippen LogP contribution in [0.15, 0.2) is 47.3 Å². The van der Waals surface area contributed by atoms with Crippen LogP contribution in [0.1, 0.15) is 21.6 Å². The molecule has 1 aliphatic heterocycles. The molecule has 1 fully saturated rings. The van der Waals surface area contributed by atoms with Crippen LogP contribution >= 0.6 is 0 Å². The van der Waals surface area contributed by atoms with Gasteiger partial charge in [-0.05, 0) is 23.8 Å². The number of hydrogen-bond donors (Lipinski definition) is 3. The molecule has 0 atom stereocenters. The van der Waals surface area contributed by atoms with Gasteiger partial charge >= 0.3 is 0 Å². The second kappa shape index (κ2) is 9.25. The first kappa shape index (κ1) is 21.6. The zero-order valence-electron chi connectivity index (χ0n) is 17.2. The number of halogens is 1. The number of aromatic amines is 1. The van der Waals surface area contributed by atoms with Gasteiger partial charge in [0.25, 0.3) is 17.4 Å². The van der Waals surface area contributed by atoms with Crippen LogP contribution in [0.25, 0.3) is 10.8 Å². The van der Waals surface area contributed by atoms with Crippen LogP contribution in [0.5, 0.6) is 0 Å². The summed E-state index contributed by atoms with van der Waals surface area (Å²) in [4.78, 5) is 39.6. The monoisotopic (exact) mass is 439 g/mol. The van der Waals surface area contributed by atoms with Gasteiger partial charge in [0.2, 0.25) is 0 Å². The minimum Gasteiger partial charge on any atom is -0.336 e. The first-order chi connectivity index (χ1) is 15.5. The van der Waals surface area contributed by atoms with Crippen LogP contribution < -0.4 is 11.0 Å². The maximum Gasteiger partial charge on any atom is 0.272 e. The van der Waals surface area contributed by atoms with Gasteiger partial charge in [0.05, 0.1) is 23.2 Å². The molecule has 0 saturated carbocycles. The summed E-state index contributed by atoms with van der Waals surface area (Å²) < 4.78 is 14.5. The van der Waals surface area contributed by atoms with E-state index in [0.29, 0.717) is 54.6 Å². The van der Waals surface area contributed by atoms with E-state index in [2.05, 4.69) is 10.2 Å². The fourth-order valence-electron chi connectivity index (χ4n) is 3.86. The highest BCUT2D eigenvalue weighted by atomic mass is 19.1. The summed E-state index contributed by atoms with van der Waals surface area (Å²) in [5.74, 6) is -1.55. The van der Waals surface area contributed by atoms with E-state index in [0.717, 1.165) is 0 Å². The SMILES string of the molecule is O=C(CN1CCN(C(=O)c2cc(Cc3n[nH]c(=O)c4ccccc34)ccc2F)CC1)NO. The Bertz CT molecular complexity index is 1220. The van der Waals surface area contributed by atoms with E-state index in [4.69, 9.17) is 5.21 Å². The molecule has 32 heavy (non-hydrogen) atoms. The van der Waals surface area contributed by atoms with Crippen LogP contribution in [-0.2, 0) is 11.2 Å². The average molecular weight is 439 g/mol. The van der Waals surface area contributed by atoms with Crippen molar-refractivity contribution >= 4 is 22.6 Å². The van der Waals surface area contributed by atoms with Gasteiger partial charge in [-0.15, -0.1) is 0 Å². The van der Waals surface area contributed by atoms with E-state index in [1.165, 1.54) is 12.1 Å². The highest BCUT2D eigenvalue weighted by Crippen LogP contribution is 2.20. The van der Waals surface area contributed by atoms with Crippen molar-refractivity contribution in [1.29, 1.82) is 0 Å². The Morgan fingerprint density at radius 3 is 2.53 bits per heavy atom. The number of benzene rings is 2. The standard InChI is InChI=1S/C22H22FN5O4/c23-18-6-5-14(12-19-15-3-1-2-4-16(15)21(30)25-24-19)11-17(18)22(31)28-9-7-27(8-10-28)13-20(29)26-32/h1-6,11,32H,7-10,12-13H2,(H,25,30)(H,26,29). The Balaban J connectivity index is 1.51. The topological polar surface area (TPSA) is 119 Å². The van der Waals surface area contributed by atoms with Gasteiger partial charge in [-0.2, -0.15) is 5.10 Å². The van der Waals surface area contributed by atoms with Crippen molar-refractivity contribution in [3.63, 3.8) is 0 Å². The van der Waals surface area contributed by atoms with Gasteiger partial charge in [-0.25, -0.2) is 15.0 Å². The van der Waals surface area contributed by atoms with Gasteiger partial charge < -0.3 is 4.90 Å². The molecule has 10 heteroatoms. The normalized spacial score (nSPS) is 14.5. The van der Waals surface area contributed by atoms with E-state index < -0.39 is 17.6 Å². The number of nitrogens with zero attached hydrogens (tertiary/aromatic N) is 3. The molecule has 1 aromatic heterocycles. The summed E-state index contributed by atoms with van der Waals surface area (Å²) in [6.07, 6.45) is 0.321. The third-order valence-corrected chi connectivity index (χ3v) is 5.56. The van der Waals surface area contributed by atoms with E-state index in [1.54, 1.807) is 39.5 Å². The van der Waals surface area contributed by atoms with Crippen LogP contribution in [0.3, 0.4) is 0 Å². The summed E-state index contributed by atoms with van der Waals surface area (Å²) >= 11 is 0. The third kappa shape index (κ3) is 4.51. The van der Waals surface area contributed by atoms with Crippen molar-refractivity contribution in [2.45, 2.75) is 6.42 Å². The minimum atomic E-state index is -0.611. The lowest BCUT2D eigenvalue weighted by atomic mass is 10.0. The minimum absolute atomic E-state index is 0.0298. The maximum absolute atomic E-state index is 14.5. The molecular formula is C22H22FN5O4. The number of hydrogen-bond acceptors (Lipinski definition) is 6. The Hall–Kier alpha value is -3.63. The Kier molecular flexibility index (Phi) is 6.24. The van der Waals surface area contributed by atoms with Crippen LogP contribution in [0, 0.1) is 5.82 Å². The maximum atomic E-state index is 14.5. The highest BCUT2D eigenvalue weighted by Gasteiger charge is 2.25. The number of rotatable bonds is 5. The zero-order chi connectivity index (χ0) is 22.7. The Labute approximate surface area is 182 Å². The molecule has 0 bridgehead atoms.